The Hall–Kier alpha value is -4.46. The fourth-order valence-corrected chi connectivity index (χ4v) is 5.91. The highest BCUT2D eigenvalue weighted by Gasteiger charge is 2.35. The molecular formula is C39H48N2O6. The van der Waals surface area contributed by atoms with E-state index < -0.39 is 35.5 Å². The molecular weight excluding hydrogens is 592 g/mol. The maximum atomic E-state index is 13.9. The van der Waals surface area contributed by atoms with Crippen LogP contribution in [0.3, 0.4) is 0 Å². The van der Waals surface area contributed by atoms with Gasteiger partial charge in [0.1, 0.15) is 18.2 Å². The van der Waals surface area contributed by atoms with Gasteiger partial charge in [-0.1, -0.05) is 98.8 Å². The number of hydrogen-bond acceptors (Lipinski definition) is 6. The molecule has 0 saturated carbocycles. The third-order valence-corrected chi connectivity index (χ3v) is 8.15. The molecule has 0 fully saturated rings. The number of rotatable bonds is 14. The molecule has 250 valence electrons. The zero-order valence-electron chi connectivity index (χ0n) is 28.2. The van der Waals surface area contributed by atoms with Gasteiger partial charge in [-0.25, -0.2) is 9.59 Å². The van der Waals surface area contributed by atoms with Gasteiger partial charge >= 0.3 is 12.1 Å². The number of fused-ring (bicyclic) bond motifs is 1. The topological polar surface area (TPSA) is 102 Å². The number of amides is 2. The van der Waals surface area contributed by atoms with E-state index in [9.17, 15) is 19.2 Å². The number of carbonyl (C=O) groups is 4. The van der Waals surface area contributed by atoms with Crippen LogP contribution in [-0.4, -0.2) is 52.9 Å². The fraction of sp³-hybridized carbons (Fsp3) is 0.436. The molecule has 2 amide bonds. The summed E-state index contributed by atoms with van der Waals surface area (Å²) in [6.07, 6.45) is 1.28. The average Bonchev–Trinajstić information content (AvgIpc) is 3.46. The summed E-state index contributed by atoms with van der Waals surface area (Å²) in [6, 6.07) is 25.8. The van der Waals surface area contributed by atoms with Crippen LogP contribution in [0.5, 0.6) is 0 Å². The monoisotopic (exact) mass is 640 g/mol. The lowest BCUT2D eigenvalue weighted by Gasteiger charge is -2.31. The van der Waals surface area contributed by atoms with Crippen molar-refractivity contribution in [3.63, 3.8) is 0 Å². The molecule has 0 radical (unpaired) electrons. The Morgan fingerprint density at radius 1 is 0.830 bits per heavy atom. The van der Waals surface area contributed by atoms with Crippen LogP contribution in [0.25, 0.3) is 0 Å². The van der Waals surface area contributed by atoms with Gasteiger partial charge in [0, 0.05) is 18.4 Å². The molecule has 4 rings (SSSR count). The largest absolute Gasteiger partial charge is 0.459 e. The van der Waals surface area contributed by atoms with Gasteiger partial charge in [-0.05, 0) is 74.6 Å². The van der Waals surface area contributed by atoms with E-state index in [0.717, 1.165) is 22.3 Å². The Labute approximate surface area is 278 Å². The number of Topliss-reactive ketones (excluding diaryl/α,β-unsaturated/α-hetero) is 1. The summed E-state index contributed by atoms with van der Waals surface area (Å²) in [6.45, 7) is 9.26. The van der Waals surface area contributed by atoms with Crippen molar-refractivity contribution in [1.29, 1.82) is 0 Å². The molecule has 1 aliphatic carbocycles. The maximum absolute atomic E-state index is 13.9. The second kappa shape index (κ2) is 16.4. The van der Waals surface area contributed by atoms with Crippen molar-refractivity contribution in [3.05, 3.63) is 107 Å². The van der Waals surface area contributed by atoms with Crippen molar-refractivity contribution in [2.24, 2.45) is 11.8 Å². The van der Waals surface area contributed by atoms with Gasteiger partial charge in [-0.15, -0.1) is 0 Å². The Morgan fingerprint density at radius 3 is 1.94 bits per heavy atom. The van der Waals surface area contributed by atoms with Crippen LogP contribution in [0.15, 0.2) is 84.9 Å². The number of nitrogens with zero attached hydrogens (tertiary/aromatic N) is 1. The molecule has 8 heteroatoms. The molecule has 0 saturated heterocycles. The van der Waals surface area contributed by atoms with Crippen LogP contribution in [0.4, 0.5) is 4.79 Å². The first-order valence-corrected chi connectivity index (χ1v) is 16.5. The van der Waals surface area contributed by atoms with Gasteiger partial charge in [0.2, 0.25) is 5.91 Å². The SMILES string of the molecule is CC(C)C[C@@H](NC(=O)[C@H](CC(=O)CN(C(=O)OC(C)(C)C)C1Cc2ccccc2C1)Cc1ccccc1)C(=O)OCc1ccccc1. The Bertz CT molecular complexity index is 1470. The van der Waals surface area contributed by atoms with Gasteiger partial charge in [-0.3, -0.25) is 14.5 Å². The lowest BCUT2D eigenvalue weighted by molar-refractivity contribution is -0.150. The minimum Gasteiger partial charge on any atom is -0.459 e. The zero-order chi connectivity index (χ0) is 34.0. The molecule has 0 aliphatic heterocycles. The summed E-state index contributed by atoms with van der Waals surface area (Å²) in [5.74, 6) is -1.83. The van der Waals surface area contributed by atoms with Crippen LogP contribution in [0.2, 0.25) is 0 Å². The van der Waals surface area contributed by atoms with Gasteiger partial charge in [0.05, 0.1) is 6.54 Å². The molecule has 3 aromatic rings. The molecule has 1 N–H and O–H groups in total. The molecule has 3 aromatic carbocycles. The predicted octanol–water partition coefficient (Wildman–Crippen LogP) is 6.48. The number of benzene rings is 3. The molecule has 0 heterocycles. The fourth-order valence-electron chi connectivity index (χ4n) is 5.91. The highest BCUT2D eigenvalue weighted by atomic mass is 16.6. The molecule has 2 atom stereocenters. The molecule has 1 aliphatic rings. The molecule has 0 unspecified atom stereocenters. The quantitative estimate of drug-likeness (QED) is 0.202. The summed E-state index contributed by atoms with van der Waals surface area (Å²) in [7, 11) is 0. The third kappa shape index (κ3) is 11.1. The van der Waals surface area contributed by atoms with Gasteiger partial charge in [0.15, 0.2) is 5.78 Å². The van der Waals surface area contributed by atoms with E-state index in [1.165, 1.54) is 4.90 Å². The van der Waals surface area contributed by atoms with Gasteiger partial charge in [0.25, 0.3) is 0 Å². The number of ether oxygens (including phenoxy) is 2. The number of ketones is 1. The van der Waals surface area contributed by atoms with Gasteiger partial charge in [-0.2, -0.15) is 0 Å². The van der Waals surface area contributed by atoms with E-state index >= 15 is 0 Å². The lowest BCUT2D eigenvalue weighted by Crippen LogP contribution is -2.48. The van der Waals surface area contributed by atoms with Crippen molar-refractivity contribution < 1.29 is 28.7 Å². The van der Waals surface area contributed by atoms with Crippen molar-refractivity contribution >= 4 is 23.8 Å². The maximum Gasteiger partial charge on any atom is 0.410 e. The molecule has 0 aromatic heterocycles. The standard InChI is InChI=1S/C39H48N2O6/c1-27(2)20-35(37(44)46-26-29-16-10-7-11-17-29)40-36(43)32(21-28-14-8-6-9-15-28)24-34(42)25-41(38(45)47-39(3,4)5)33-22-30-18-12-13-19-31(30)23-33/h6-19,27,32-33,35H,20-26H2,1-5H3,(H,40,43)/t32-,35+/m0/s1. The lowest BCUT2D eigenvalue weighted by atomic mass is 9.92. The minimum atomic E-state index is -0.866. The Morgan fingerprint density at radius 2 is 1.38 bits per heavy atom. The van der Waals surface area contributed by atoms with Crippen LogP contribution < -0.4 is 5.32 Å². The Balaban J connectivity index is 1.50. The predicted molar refractivity (Wildman–Crippen MR) is 181 cm³/mol. The summed E-state index contributed by atoms with van der Waals surface area (Å²) in [4.78, 5) is 55.9. The highest BCUT2D eigenvalue weighted by molar-refractivity contribution is 5.91. The van der Waals surface area contributed by atoms with Gasteiger partial charge < -0.3 is 14.8 Å². The number of esters is 1. The summed E-state index contributed by atoms with van der Waals surface area (Å²) in [5.41, 5.74) is 3.30. The second-order valence-corrected chi connectivity index (χ2v) is 13.9. The highest BCUT2D eigenvalue weighted by Crippen LogP contribution is 2.27. The zero-order valence-corrected chi connectivity index (χ0v) is 28.2. The first-order chi connectivity index (χ1) is 22.4. The molecule has 8 nitrogen and oxygen atoms in total. The second-order valence-electron chi connectivity index (χ2n) is 13.9. The number of nitrogens with one attached hydrogen (secondary N) is 1. The smallest absolute Gasteiger partial charge is 0.410 e. The summed E-state index contributed by atoms with van der Waals surface area (Å²) in [5, 5.41) is 2.91. The van der Waals surface area contributed by atoms with E-state index in [0.29, 0.717) is 25.7 Å². The van der Waals surface area contributed by atoms with E-state index in [1.807, 2.05) is 98.8 Å². The van der Waals surface area contributed by atoms with E-state index in [-0.39, 0.29) is 37.3 Å². The number of hydrogen-bond donors (Lipinski definition) is 1. The van der Waals surface area contributed by atoms with Crippen LogP contribution in [-0.2, 0) is 49.7 Å². The Kier molecular flexibility index (Phi) is 12.3. The van der Waals surface area contributed by atoms with Crippen molar-refractivity contribution in [1.82, 2.24) is 10.2 Å². The average molecular weight is 641 g/mol. The normalized spacial score (nSPS) is 14.2. The summed E-state index contributed by atoms with van der Waals surface area (Å²) >= 11 is 0. The molecule has 47 heavy (non-hydrogen) atoms. The third-order valence-electron chi connectivity index (χ3n) is 8.15. The van der Waals surface area contributed by atoms with Crippen molar-refractivity contribution in [3.8, 4) is 0 Å². The first-order valence-electron chi connectivity index (χ1n) is 16.5. The van der Waals surface area contributed by atoms with Crippen LogP contribution in [0.1, 0.15) is 69.7 Å². The number of carbonyl (C=O) groups excluding carboxylic acids is 4. The first kappa shape index (κ1) is 35.4. The van der Waals surface area contributed by atoms with Crippen molar-refractivity contribution in [2.45, 2.75) is 91.0 Å². The van der Waals surface area contributed by atoms with Crippen LogP contribution >= 0.6 is 0 Å². The molecule has 0 spiro atoms. The molecule has 0 bridgehead atoms. The summed E-state index contributed by atoms with van der Waals surface area (Å²) < 4.78 is 11.3. The minimum absolute atomic E-state index is 0.0988. The van der Waals surface area contributed by atoms with E-state index in [2.05, 4.69) is 5.32 Å². The van der Waals surface area contributed by atoms with Crippen LogP contribution in [0, 0.1) is 11.8 Å². The van der Waals surface area contributed by atoms with E-state index in [4.69, 9.17) is 9.47 Å². The van der Waals surface area contributed by atoms with Crippen molar-refractivity contribution in [2.75, 3.05) is 6.54 Å². The van der Waals surface area contributed by atoms with E-state index in [1.54, 1.807) is 20.8 Å².